The number of aliphatic hydroxyl groups excluding tert-OH is 4. The first-order valence-corrected chi connectivity index (χ1v) is 13.7. The van der Waals surface area contributed by atoms with Crippen LogP contribution in [0.2, 0.25) is 0 Å². The second-order valence-corrected chi connectivity index (χ2v) is 11.0. The number of ether oxygens (including phenoxy) is 4. The lowest BCUT2D eigenvalue weighted by Gasteiger charge is -2.41. The highest BCUT2D eigenvalue weighted by Crippen LogP contribution is 2.37. The number of hydrogen-bond donors (Lipinski definition) is 6. The zero-order valence-corrected chi connectivity index (χ0v) is 23.5. The van der Waals surface area contributed by atoms with Crippen LogP contribution >= 0.6 is 0 Å². The first-order valence-electron chi connectivity index (χ1n) is 13.7. The molecule has 11 heteroatoms. The predicted molar refractivity (Wildman–Crippen MR) is 144 cm³/mol. The third kappa shape index (κ3) is 6.06. The highest BCUT2D eigenvalue weighted by molar-refractivity contribution is 5.97. The number of aromatic hydroxyl groups is 1. The zero-order valence-electron chi connectivity index (χ0n) is 23.5. The molecule has 40 heavy (non-hydrogen) atoms. The Labute approximate surface area is 234 Å². The number of hydrogen-bond acceptors (Lipinski definition) is 10. The second-order valence-electron chi connectivity index (χ2n) is 11.0. The number of carbonyl (C=O) groups is 1. The third-order valence-electron chi connectivity index (χ3n) is 8.15. The lowest BCUT2D eigenvalue weighted by atomic mass is 9.83. The van der Waals surface area contributed by atoms with Gasteiger partial charge in [-0.15, -0.1) is 0 Å². The van der Waals surface area contributed by atoms with E-state index in [-0.39, 0.29) is 29.8 Å². The summed E-state index contributed by atoms with van der Waals surface area (Å²) in [6.07, 6.45) is -4.39. The van der Waals surface area contributed by atoms with Crippen molar-refractivity contribution in [3.63, 3.8) is 0 Å². The van der Waals surface area contributed by atoms with E-state index in [9.17, 15) is 30.3 Å². The third-order valence-corrected chi connectivity index (χ3v) is 8.15. The van der Waals surface area contributed by atoms with Gasteiger partial charge < -0.3 is 49.8 Å². The molecule has 1 aliphatic carbocycles. The Bertz CT molecular complexity index is 1140. The summed E-state index contributed by atoms with van der Waals surface area (Å²) in [5.74, 6) is -0.912. The molecule has 1 saturated carbocycles. The number of phenols is 1. The number of aliphatic hydroxyl groups is 4. The Balaban J connectivity index is 1.41. The molecule has 11 nitrogen and oxygen atoms in total. The van der Waals surface area contributed by atoms with Crippen LogP contribution in [0.4, 0.5) is 0 Å². The number of benzene rings is 1. The van der Waals surface area contributed by atoms with Gasteiger partial charge in [-0.2, -0.15) is 0 Å². The molecular formula is C29H41NO10. The maximum absolute atomic E-state index is 12.8. The maximum atomic E-state index is 12.8. The van der Waals surface area contributed by atoms with Crippen LogP contribution in [0.3, 0.4) is 0 Å². The van der Waals surface area contributed by atoms with Crippen LogP contribution in [0.5, 0.6) is 11.5 Å². The fraction of sp³-hybridized carbons (Fsp3) is 0.621. The summed E-state index contributed by atoms with van der Waals surface area (Å²) in [5.41, 5.74) is 2.89. The minimum atomic E-state index is -1.46. The van der Waals surface area contributed by atoms with E-state index in [1.807, 2.05) is 20.8 Å². The summed E-state index contributed by atoms with van der Waals surface area (Å²) in [7, 11) is 0. The van der Waals surface area contributed by atoms with Gasteiger partial charge in [0.15, 0.2) is 11.5 Å². The van der Waals surface area contributed by atoms with E-state index in [1.165, 1.54) is 17.7 Å². The van der Waals surface area contributed by atoms with Crippen LogP contribution in [-0.4, -0.2) is 93.3 Å². The number of allylic oxidation sites excluding steroid dienone is 1. The summed E-state index contributed by atoms with van der Waals surface area (Å²) in [6.45, 7) is 9.33. The maximum Gasteiger partial charge on any atom is 0.247 e. The topological polar surface area (TPSA) is 167 Å². The van der Waals surface area contributed by atoms with Gasteiger partial charge in [-0.25, -0.2) is 0 Å². The van der Waals surface area contributed by atoms with Gasteiger partial charge in [-0.3, -0.25) is 4.79 Å². The van der Waals surface area contributed by atoms with Crippen LogP contribution in [0.1, 0.15) is 53.0 Å². The Hall–Kier alpha value is -2.51. The number of nitrogens with one attached hydrogen (secondary N) is 1. The zero-order chi connectivity index (χ0) is 29.3. The van der Waals surface area contributed by atoms with Gasteiger partial charge >= 0.3 is 0 Å². The van der Waals surface area contributed by atoms with E-state index in [0.29, 0.717) is 5.56 Å². The minimum absolute atomic E-state index is 0.124. The molecular weight excluding hydrogens is 522 g/mol. The van der Waals surface area contributed by atoms with E-state index in [0.717, 1.165) is 18.4 Å². The quantitative estimate of drug-likeness (QED) is 0.201. The monoisotopic (exact) mass is 563 g/mol. The highest BCUT2D eigenvalue weighted by atomic mass is 16.7. The Morgan fingerprint density at radius 2 is 1.73 bits per heavy atom. The van der Waals surface area contributed by atoms with E-state index in [2.05, 4.69) is 12.2 Å². The molecule has 1 aromatic carbocycles. The molecule has 2 saturated heterocycles. The number of phenolic OH excluding ortho intramolecular Hbond substituents is 1. The molecule has 1 unspecified atom stereocenters. The SMILES string of the molecule is CCC/C(C)=C(/C)C1O[C@@H](Oc2ccc(/C=C(\C)C(=O)N[C@@H]3[C@H](O)[C@@H](O)[C@H]4OCO[C@H]4[C@@H]3O)cc2O)[C@@H](C)[C@@H]1O. The average Bonchev–Trinajstić information content (AvgIpc) is 3.52. The van der Waals surface area contributed by atoms with Crippen molar-refractivity contribution in [2.75, 3.05) is 6.79 Å². The van der Waals surface area contributed by atoms with Gasteiger partial charge in [-0.05, 0) is 56.5 Å². The van der Waals surface area contributed by atoms with Crippen molar-refractivity contribution in [3.8, 4) is 11.5 Å². The Morgan fingerprint density at radius 3 is 2.38 bits per heavy atom. The molecule has 0 spiro atoms. The predicted octanol–water partition coefficient (Wildman–Crippen LogP) is 1.36. The van der Waals surface area contributed by atoms with Crippen molar-refractivity contribution >= 4 is 12.0 Å². The second kappa shape index (κ2) is 12.6. The molecule has 4 rings (SSSR count). The summed E-state index contributed by atoms with van der Waals surface area (Å²) < 4.78 is 22.5. The molecule has 2 aliphatic heterocycles. The number of fused-ring (bicyclic) bond motifs is 1. The lowest BCUT2D eigenvalue weighted by molar-refractivity contribution is -0.155. The van der Waals surface area contributed by atoms with Crippen molar-refractivity contribution in [2.24, 2.45) is 5.92 Å². The van der Waals surface area contributed by atoms with Crippen molar-refractivity contribution in [1.82, 2.24) is 5.32 Å². The number of carbonyl (C=O) groups excluding carboxylic acids is 1. The van der Waals surface area contributed by atoms with Gasteiger partial charge in [0.05, 0.1) is 12.1 Å². The van der Waals surface area contributed by atoms with Gasteiger partial charge in [-0.1, -0.05) is 31.9 Å². The fourth-order valence-corrected chi connectivity index (χ4v) is 5.48. The molecule has 0 bridgehead atoms. The molecule has 3 fully saturated rings. The van der Waals surface area contributed by atoms with Crippen molar-refractivity contribution < 1.29 is 49.3 Å². The number of amides is 1. The summed E-state index contributed by atoms with van der Waals surface area (Å²) >= 11 is 0. The summed E-state index contributed by atoms with van der Waals surface area (Å²) in [4.78, 5) is 12.8. The van der Waals surface area contributed by atoms with Gasteiger partial charge in [0.1, 0.15) is 43.4 Å². The fourth-order valence-electron chi connectivity index (χ4n) is 5.48. The largest absolute Gasteiger partial charge is 0.504 e. The minimum Gasteiger partial charge on any atom is -0.504 e. The van der Waals surface area contributed by atoms with Crippen LogP contribution < -0.4 is 10.1 Å². The van der Waals surface area contributed by atoms with E-state index >= 15 is 0 Å². The molecule has 0 radical (unpaired) electrons. The van der Waals surface area contributed by atoms with Gasteiger partial charge in [0.25, 0.3) is 0 Å². The molecule has 222 valence electrons. The lowest BCUT2D eigenvalue weighted by Crippen LogP contribution is -2.67. The van der Waals surface area contributed by atoms with Crippen LogP contribution in [0.25, 0.3) is 6.08 Å². The highest BCUT2D eigenvalue weighted by Gasteiger charge is 2.53. The first-order chi connectivity index (χ1) is 18.9. The van der Waals surface area contributed by atoms with Crippen LogP contribution in [0.15, 0.2) is 34.9 Å². The van der Waals surface area contributed by atoms with Crippen molar-refractivity contribution in [1.29, 1.82) is 0 Å². The van der Waals surface area contributed by atoms with Crippen molar-refractivity contribution in [3.05, 3.63) is 40.5 Å². The summed E-state index contributed by atoms with van der Waals surface area (Å²) in [5, 5.41) is 55.3. The normalized spacial score (nSPS) is 36.7. The average molecular weight is 564 g/mol. The van der Waals surface area contributed by atoms with E-state index in [4.69, 9.17) is 18.9 Å². The van der Waals surface area contributed by atoms with E-state index in [1.54, 1.807) is 19.1 Å². The number of rotatable bonds is 8. The van der Waals surface area contributed by atoms with Crippen LogP contribution in [-0.2, 0) is 19.0 Å². The first kappa shape index (κ1) is 30.4. The van der Waals surface area contributed by atoms with Gasteiger partial charge in [0.2, 0.25) is 12.2 Å². The molecule has 6 N–H and O–H groups in total. The van der Waals surface area contributed by atoms with E-state index < -0.39 is 61.0 Å². The molecule has 10 atom stereocenters. The standard InChI is InChI=1S/C29H41NO10/c1-6-7-13(2)15(4)25-21(32)16(5)29(40-25)39-19-9-8-17(11-18(19)31)10-14(3)28(36)30-20-22(33)24(35)27-26(23(20)34)37-12-38-27/h8-11,16,20-27,29,31-35H,6-7,12H2,1-5H3,(H,30,36)/b14-10+,15-13-/t16-,20+,21-,22-,23+,24+,25?,26-,27+,29+/m0/s1. The van der Waals surface area contributed by atoms with Crippen molar-refractivity contribution in [2.45, 2.75) is 103 Å². The Morgan fingerprint density at radius 1 is 1.05 bits per heavy atom. The van der Waals surface area contributed by atoms with Crippen LogP contribution in [0, 0.1) is 5.92 Å². The summed E-state index contributed by atoms with van der Waals surface area (Å²) in [6, 6.07) is 3.46. The molecule has 2 heterocycles. The van der Waals surface area contributed by atoms with Gasteiger partial charge in [0, 0.05) is 11.5 Å². The Kier molecular flexibility index (Phi) is 9.56. The molecule has 0 aromatic heterocycles. The smallest absolute Gasteiger partial charge is 0.247 e. The molecule has 1 aromatic rings. The molecule has 1 amide bonds. The molecule has 3 aliphatic rings.